The maximum atomic E-state index is 12.7. The van der Waals surface area contributed by atoms with Gasteiger partial charge >= 0.3 is 6.03 Å². The van der Waals surface area contributed by atoms with Crippen LogP contribution in [0.1, 0.15) is 19.4 Å². The van der Waals surface area contributed by atoms with Gasteiger partial charge in [0.05, 0.1) is 6.42 Å². The molecular formula is C13H18FN3O2. The highest BCUT2D eigenvalue weighted by Gasteiger charge is 2.05. The van der Waals surface area contributed by atoms with Gasteiger partial charge in [0.15, 0.2) is 0 Å². The number of nitrogens with one attached hydrogen (secondary N) is 3. The number of hydrazine groups is 1. The third-order valence-corrected chi connectivity index (χ3v) is 2.26. The van der Waals surface area contributed by atoms with Gasteiger partial charge in [-0.1, -0.05) is 26.0 Å². The molecule has 104 valence electrons. The van der Waals surface area contributed by atoms with Gasteiger partial charge in [0.25, 0.3) is 0 Å². The second-order valence-corrected chi connectivity index (χ2v) is 4.58. The second kappa shape index (κ2) is 7.35. The highest BCUT2D eigenvalue weighted by Crippen LogP contribution is 2.02. The smallest absolute Gasteiger partial charge is 0.333 e. The summed E-state index contributed by atoms with van der Waals surface area (Å²) in [6, 6.07) is 5.15. The summed E-state index contributed by atoms with van der Waals surface area (Å²) in [5.74, 6) is -0.387. The Bertz CT molecular complexity index is 432. The molecule has 1 rings (SSSR count). The van der Waals surface area contributed by atoms with Crippen LogP contribution in [0, 0.1) is 11.7 Å². The molecule has 0 saturated carbocycles. The Morgan fingerprint density at radius 1 is 1.16 bits per heavy atom. The maximum Gasteiger partial charge on any atom is 0.333 e. The first-order valence-corrected chi connectivity index (χ1v) is 6.04. The molecule has 0 unspecified atom stereocenters. The van der Waals surface area contributed by atoms with Crippen LogP contribution in [0.4, 0.5) is 9.18 Å². The summed E-state index contributed by atoms with van der Waals surface area (Å²) in [6.07, 6.45) is 0.0741. The summed E-state index contributed by atoms with van der Waals surface area (Å²) in [5.41, 5.74) is 5.19. The number of carbonyl (C=O) groups is 2. The monoisotopic (exact) mass is 267 g/mol. The Balaban J connectivity index is 2.28. The van der Waals surface area contributed by atoms with Crippen molar-refractivity contribution in [3.8, 4) is 0 Å². The summed E-state index contributed by atoms with van der Waals surface area (Å²) < 4.78 is 12.7. The topological polar surface area (TPSA) is 70.2 Å². The van der Waals surface area contributed by atoms with E-state index in [4.69, 9.17) is 0 Å². The van der Waals surface area contributed by atoms with Crippen molar-refractivity contribution in [2.45, 2.75) is 20.3 Å². The molecule has 0 saturated heterocycles. The first-order chi connectivity index (χ1) is 8.97. The van der Waals surface area contributed by atoms with E-state index < -0.39 is 6.03 Å². The molecule has 19 heavy (non-hydrogen) atoms. The molecule has 3 amide bonds. The van der Waals surface area contributed by atoms with E-state index in [0.29, 0.717) is 18.0 Å². The standard InChI is InChI=1S/C13H18FN3O2/c1-9(2)8-15-13(19)17-16-12(18)7-10-3-5-11(14)6-4-10/h3-6,9H,7-8H2,1-2H3,(H,16,18)(H2,15,17,19). The van der Waals surface area contributed by atoms with Crippen molar-refractivity contribution >= 4 is 11.9 Å². The second-order valence-electron chi connectivity index (χ2n) is 4.58. The molecule has 5 nitrogen and oxygen atoms in total. The summed E-state index contributed by atoms with van der Waals surface area (Å²) in [6.45, 7) is 4.46. The van der Waals surface area contributed by atoms with E-state index in [1.165, 1.54) is 24.3 Å². The average molecular weight is 267 g/mol. The first kappa shape index (κ1) is 14.9. The Hall–Kier alpha value is -2.11. The Morgan fingerprint density at radius 2 is 1.79 bits per heavy atom. The van der Waals surface area contributed by atoms with E-state index in [0.717, 1.165) is 0 Å². The van der Waals surface area contributed by atoms with Gasteiger partial charge in [-0.25, -0.2) is 14.6 Å². The summed E-state index contributed by atoms with van der Waals surface area (Å²) in [7, 11) is 0. The van der Waals surface area contributed by atoms with E-state index in [-0.39, 0.29) is 18.1 Å². The van der Waals surface area contributed by atoms with Gasteiger partial charge in [0, 0.05) is 6.54 Å². The van der Waals surface area contributed by atoms with E-state index in [1.807, 2.05) is 13.8 Å². The van der Waals surface area contributed by atoms with Crippen LogP contribution in [-0.2, 0) is 11.2 Å². The summed E-state index contributed by atoms with van der Waals surface area (Å²) in [4.78, 5) is 22.8. The van der Waals surface area contributed by atoms with Crippen molar-refractivity contribution in [3.05, 3.63) is 35.6 Å². The zero-order valence-electron chi connectivity index (χ0n) is 11.0. The van der Waals surface area contributed by atoms with Crippen LogP contribution < -0.4 is 16.2 Å². The highest BCUT2D eigenvalue weighted by atomic mass is 19.1. The normalized spacial score (nSPS) is 10.1. The fourth-order valence-electron chi connectivity index (χ4n) is 1.30. The molecule has 0 heterocycles. The predicted octanol–water partition coefficient (Wildman–Crippen LogP) is 1.35. The van der Waals surface area contributed by atoms with Crippen molar-refractivity contribution in [1.82, 2.24) is 16.2 Å². The summed E-state index contributed by atoms with van der Waals surface area (Å²) in [5, 5.41) is 2.59. The number of rotatable bonds is 4. The van der Waals surface area contributed by atoms with Crippen LogP contribution in [0.3, 0.4) is 0 Å². The Morgan fingerprint density at radius 3 is 2.37 bits per heavy atom. The number of hydrogen-bond acceptors (Lipinski definition) is 2. The van der Waals surface area contributed by atoms with Crippen molar-refractivity contribution in [2.75, 3.05) is 6.54 Å². The van der Waals surface area contributed by atoms with Crippen molar-refractivity contribution < 1.29 is 14.0 Å². The van der Waals surface area contributed by atoms with Crippen molar-refractivity contribution in [1.29, 1.82) is 0 Å². The third-order valence-electron chi connectivity index (χ3n) is 2.26. The van der Waals surface area contributed by atoms with Crippen LogP contribution >= 0.6 is 0 Å². The fraction of sp³-hybridized carbons (Fsp3) is 0.385. The molecule has 3 N–H and O–H groups in total. The SMILES string of the molecule is CC(C)CNC(=O)NNC(=O)Cc1ccc(F)cc1. The Kier molecular flexibility index (Phi) is 5.78. The van der Waals surface area contributed by atoms with Gasteiger partial charge in [0.2, 0.25) is 5.91 Å². The molecule has 0 bridgehead atoms. The van der Waals surface area contributed by atoms with Crippen LogP contribution in [0.15, 0.2) is 24.3 Å². The molecule has 0 atom stereocenters. The lowest BCUT2D eigenvalue weighted by Crippen LogP contribution is -2.48. The summed E-state index contributed by atoms with van der Waals surface area (Å²) >= 11 is 0. The van der Waals surface area contributed by atoms with Gasteiger partial charge in [-0.2, -0.15) is 0 Å². The van der Waals surface area contributed by atoms with Gasteiger partial charge in [0.1, 0.15) is 5.82 Å². The lowest BCUT2D eigenvalue weighted by atomic mass is 10.1. The van der Waals surface area contributed by atoms with Crippen molar-refractivity contribution in [2.24, 2.45) is 5.92 Å². The third kappa shape index (κ3) is 6.40. The number of halogens is 1. The maximum absolute atomic E-state index is 12.7. The minimum atomic E-state index is -0.457. The number of hydrogen-bond donors (Lipinski definition) is 3. The molecule has 0 aromatic heterocycles. The molecule has 0 fully saturated rings. The Labute approximate surface area is 111 Å². The first-order valence-electron chi connectivity index (χ1n) is 6.04. The van der Waals surface area contributed by atoms with E-state index in [9.17, 15) is 14.0 Å². The van der Waals surface area contributed by atoms with E-state index >= 15 is 0 Å². The van der Waals surface area contributed by atoms with Gasteiger partial charge in [-0.15, -0.1) is 0 Å². The molecule has 0 spiro atoms. The minimum Gasteiger partial charge on any atom is -0.336 e. The van der Waals surface area contributed by atoms with E-state index in [1.54, 1.807) is 0 Å². The minimum absolute atomic E-state index is 0.0741. The number of carbonyl (C=O) groups excluding carboxylic acids is 2. The van der Waals surface area contributed by atoms with Gasteiger partial charge < -0.3 is 5.32 Å². The molecule has 0 aliphatic carbocycles. The highest BCUT2D eigenvalue weighted by molar-refractivity contribution is 5.82. The molecule has 1 aromatic rings. The number of amides is 3. The zero-order valence-corrected chi connectivity index (χ0v) is 11.0. The number of urea groups is 1. The van der Waals surface area contributed by atoms with Crippen LogP contribution in [0.2, 0.25) is 0 Å². The quantitative estimate of drug-likeness (QED) is 0.721. The fourth-order valence-corrected chi connectivity index (χ4v) is 1.30. The molecular weight excluding hydrogens is 249 g/mol. The van der Waals surface area contributed by atoms with Crippen LogP contribution in [0.5, 0.6) is 0 Å². The molecule has 0 aliphatic heterocycles. The molecule has 6 heteroatoms. The average Bonchev–Trinajstić information content (AvgIpc) is 2.36. The van der Waals surface area contributed by atoms with Gasteiger partial charge in [-0.3, -0.25) is 10.2 Å². The predicted molar refractivity (Wildman–Crippen MR) is 69.6 cm³/mol. The van der Waals surface area contributed by atoms with Gasteiger partial charge in [-0.05, 0) is 23.6 Å². The zero-order chi connectivity index (χ0) is 14.3. The van der Waals surface area contributed by atoms with Crippen LogP contribution in [-0.4, -0.2) is 18.5 Å². The lowest BCUT2D eigenvalue weighted by molar-refractivity contribution is -0.121. The molecule has 0 aliphatic rings. The number of benzene rings is 1. The van der Waals surface area contributed by atoms with Crippen LogP contribution in [0.25, 0.3) is 0 Å². The largest absolute Gasteiger partial charge is 0.336 e. The van der Waals surface area contributed by atoms with E-state index in [2.05, 4.69) is 16.2 Å². The lowest BCUT2D eigenvalue weighted by Gasteiger charge is -2.10. The van der Waals surface area contributed by atoms with Crippen molar-refractivity contribution in [3.63, 3.8) is 0 Å². The molecule has 1 aromatic carbocycles. The molecule has 0 radical (unpaired) electrons.